The van der Waals surface area contributed by atoms with Gasteiger partial charge in [0.05, 0.1) is 12.1 Å². The largest absolute Gasteiger partial charge is 0.444 e. The molecular weight excluding hydrogens is 346 g/mol. The summed E-state index contributed by atoms with van der Waals surface area (Å²) in [6.07, 6.45) is 0.829. The number of carbonyl (C=O) groups is 2. The minimum Gasteiger partial charge on any atom is -0.444 e. The Morgan fingerprint density at radius 3 is 2.33 bits per heavy atom. The van der Waals surface area contributed by atoms with Gasteiger partial charge in [-0.2, -0.15) is 0 Å². The van der Waals surface area contributed by atoms with Gasteiger partial charge in [0.1, 0.15) is 5.60 Å². The highest BCUT2D eigenvalue weighted by Gasteiger charge is 2.29. The van der Waals surface area contributed by atoms with Crippen molar-refractivity contribution in [3.8, 4) is 0 Å². The number of methoxy groups -OCH3 is 1. The van der Waals surface area contributed by atoms with Crippen LogP contribution < -0.4 is 16.0 Å². The third-order valence-electron chi connectivity index (χ3n) is 4.20. The molecule has 0 heterocycles. The summed E-state index contributed by atoms with van der Waals surface area (Å²) in [4.78, 5) is 24.4. The van der Waals surface area contributed by atoms with Crippen LogP contribution in [0.3, 0.4) is 0 Å². The first-order valence-electron chi connectivity index (χ1n) is 9.27. The molecule has 0 spiro atoms. The Balaban J connectivity index is 2.70. The van der Waals surface area contributed by atoms with E-state index >= 15 is 0 Å². The molecule has 0 saturated carbocycles. The Hall–Kier alpha value is -2.28. The maximum Gasteiger partial charge on any atom is 0.407 e. The molecular formula is C20H33N3O4. The summed E-state index contributed by atoms with van der Waals surface area (Å²) < 4.78 is 10.4. The summed E-state index contributed by atoms with van der Waals surface area (Å²) in [6.45, 7) is 10.1. The highest BCUT2D eigenvalue weighted by Crippen LogP contribution is 2.16. The van der Waals surface area contributed by atoms with Gasteiger partial charge >= 0.3 is 12.1 Å². The molecule has 7 heteroatoms. The van der Waals surface area contributed by atoms with Crippen molar-refractivity contribution in [3.63, 3.8) is 0 Å². The number of anilines is 1. The Morgan fingerprint density at radius 1 is 1.11 bits per heavy atom. The highest BCUT2D eigenvalue weighted by molar-refractivity contribution is 5.89. The van der Waals surface area contributed by atoms with Crippen molar-refractivity contribution < 1.29 is 19.1 Å². The van der Waals surface area contributed by atoms with E-state index in [9.17, 15) is 9.59 Å². The first kappa shape index (κ1) is 22.8. The second-order valence-corrected chi connectivity index (χ2v) is 7.56. The van der Waals surface area contributed by atoms with Gasteiger partial charge in [0.15, 0.2) is 0 Å². The lowest BCUT2D eigenvalue weighted by Crippen LogP contribution is -2.56. The van der Waals surface area contributed by atoms with Crippen LogP contribution in [0, 0.1) is 0 Å². The van der Waals surface area contributed by atoms with E-state index in [-0.39, 0.29) is 12.6 Å². The number of carbonyl (C=O) groups excluding carboxylic acids is 2. The molecule has 1 aromatic rings. The van der Waals surface area contributed by atoms with Crippen LogP contribution in [0.15, 0.2) is 24.3 Å². The van der Waals surface area contributed by atoms with Crippen molar-refractivity contribution in [2.75, 3.05) is 19.0 Å². The van der Waals surface area contributed by atoms with E-state index < -0.39 is 17.2 Å². The first-order valence-corrected chi connectivity index (χ1v) is 9.27. The van der Waals surface area contributed by atoms with Gasteiger partial charge in [-0.3, -0.25) is 0 Å². The molecule has 3 N–H and O–H groups in total. The second-order valence-electron chi connectivity index (χ2n) is 7.56. The zero-order valence-electron chi connectivity index (χ0n) is 17.3. The fourth-order valence-corrected chi connectivity index (χ4v) is 2.59. The van der Waals surface area contributed by atoms with E-state index in [0.717, 1.165) is 5.56 Å². The zero-order valence-corrected chi connectivity index (χ0v) is 17.3. The monoisotopic (exact) mass is 379 g/mol. The molecule has 0 aliphatic carbocycles. The van der Waals surface area contributed by atoms with Gasteiger partial charge in [-0.25, -0.2) is 9.59 Å². The van der Waals surface area contributed by atoms with Crippen LogP contribution in [0.1, 0.15) is 53.0 Å². The fraction of sp³-hybridized carbons (Fsp3) is 0.600. The minimum atomic E-state index is -0.566. The first-order chi connectivity index (χ1) is 12.6. The van der Waals surface area contributed by atoms with Crippen LogP contribution in [0.5, 0.6) is 0 Å². The molecule has 1 aromatic carbocycles. The number of nitrogens with one attached hydrogen (secondary N) is 3. The minimum absolute atomic E-state index is 0.284. The van der Waals surface area contributed by atoms with Crippen LogP contribution >= 0.6 is 0 Å². The summed E-state index contributed by atoms with van der Waals surface area (Å²) in [7, 11) is 1.63. The third-order valence-corrected chi connectivity index (χ3v) is 4.20. The normalized spacial score (nSPS) is 11.6. The Kier molecular flexibility index (Phi) is 8.56. The number of urea groups is 1. The van der Waals surface area contributed by atoms with E-state index in [1.165, 1.54) is 0 Å². The molecule has 3 amide bonds. The Morgan fingerprint density at radius 2 is 1.78 bits per heavy atom. The highest BCUT2D eigenvalue weighted by atomic mass is 16.6. The van der Waals surface area contributed by atoms with E-state index in [1.807, 2.05) is 58.9 Å². The number of hydrogen-bond donors (Lipinski definition) is 3. The molecule has 0 bridgehead atoms. The van der Waals surface area contributed by atoms with Crippen molar-refractivity contribution in [1.82, 2.24) is 10.6 Å². The molecule has 152 valence electrons. The van der Waals surface area contributed by atoms with Gasteiger partial charge in [-0.15, -0.1) is 0 Å². The maximum atomic E-state index is 12.5. The lowest BCUT2D eigenvalue weighted by molar-refractivity contribution is 0.0509. The molecule has 0 aliphatic heterocycles. The topological polar surface area (TPSA) is 88.7 Å². The van der Waals surface area contributed by atoms with E-state index in [0.29, 0.717) is 25.1 Å². The van der Waals surface area contributed by atoms with E-state index in [2.05, 4.69) is 16.0 Å². The average Bonchev–Trinajstić information content (AvgIpc) is 2.58. The summed E-state index contributed by atoms with van der Waals surface area (Å²) in [5, 5.41) is 8.59. The van der Waals surface area contributed by atoms with Gasteiger partial charge in [-0.05, 0) is 51.3 Å². The van der Waals surface area contributed by atoms with Gasteiger partial charge < -0.3 is 25.4 Å². The average molecular weight is 380 g/mol. The molecule has 0 atom stereocenters. The summed E-state index contributed by atoms with van der Waals surface area (Å²) in [6, 6.07) is 7.15. The summed E-state index contributed by atoms with van der Waals surface area (Å²) in [5.41, 5.74) is 0.524. The Bertz CT molecular complexity index is 622. The van der Waals surface area contributed by atoms with Crippen LogP contribution in [0.2, 0.25) is 0 Å². The lowest BCUT2D eigenvalue weighted by atomic mass is 9.93. The molecule has 0 saturated heterocycles. The molecule has 0 aliphatic rings. The molecule has 27 heavy (non-hydrogen) atoms. The standard InChI is InChI=1S/C20H33N3O4/c1-7-20(8-2,14-21-18(25)27-19(3,4)5)23-17(24)22-16-11-9-10-15(12-16)13-26-6/h9-12H,7-8,13-14H2,1-6H3,(H,21,25)(H2,22,23,24). The molecule has 0 fully saturated rings. The summed E-state index contributed by atoms with van der Waals surface area (Å²) in [5.74, 6) is 0. The Labute approximate surface area is 162 Å². The SMILES string of the molecule is CCC(CC)(CNC(=O)OC(C)(C)C)NC(=O)Nc1cccc(COC)c1. The van der Waals surface area contributed by atoms with Gasteiger partial charge in [0.25, 0.3) is 0 Å². The van der Waals surface area contributed by atoms with Crippen molar-refractivity contribution in [1.29, 1.82) is 0 Å². The van der Waals surface area contributed by atoms with Crippen molar-refractivity contribution in [3.05, 3.63) is 29.8 Å². The van der Waals surface area contributed by atoms with Gasteiger partial charge in [-0.1, -0.05) is 26.0 Å². The van der Waals surface area contributed by atoms with Gasteiger partial charge in [0, 0.05) is 19.3 Å². The van der Waals surface area contributed by atoms with E-state index in [4.69, 9.17) is 9.47 Å². The fourth-order valence-electron chi connectivity index (χ4n) is 2.59. The number of ether oxygens (including phenoxy) is 2. The van der Waals surface area contributed by atoms with Crippen LogP contribution in [0.4, 0.5) is 15.3 Å². The lowest BCUT2D eigenvalue weighted by Gasteiger charge is -2.33. The predicted octanol–water partition coefficient (Wildman–Crippen LogP) is 4.04. The van der Waals surface area contributed by atoms with Crippen LogP contribution in [-0.4, -0.2) is 36.9 Å². The van der Waals surface area contributed by atoms with Crippen molar-refractivity contribution >= 4 is 17.8 Å². The number of benzene rings is 1. The quantitative estimate of drug-likeness (QED) is 0.636. The van der Waals surface area contributed by atoms with Crippen molar-refractivity contribution in [2.45, 2.75) is 65.2 Å². The summed E-state index contributed by atoms with van der Waals surface area (Å²) >= 11 is 0. The van der Waals surface area contributed by atoms with E-state index in [1.54, 1.807) is 7.11 Å². The van der Waals surface area contributed by atoms with Gasteiger partial charge in [0.2, 0.25) is 0 Å². The van der Waals surface area contributed by atoms with Crippen LogP contribution in [-0.2, 0) is 16.1 Å². The number of amides is 3. The number of hydrogen-bond acceptors (Lipinski definition) is 4. The molecule has 0 aromatic heterocycles. The van der Waals surface area contributed by atoms with Crippen LogP contribution in [0.25, 0.3) is 0 Å². The second kappa shape index (κ2) is 10.2. The van der Waals surface area contributed by atoms with Crippen molar-refractivity contribution in [2.24, 2.45) is 0 Å². The predicted molar refractivity (Wildman–Crippen MR) is 107 cm³/mol. The number of alkyl carbamates (subject to hydrolysis) is 1. The molecule has 0 radical (unpaired) electrons. The molecule has 0 unspecified atom stereocenters. The maximum absolute atomic E-state index is 12.5. The third kappa shape index (κ3) is 8.30. The number of rotatable bonds is 8. The smallest absolute Gasteiger partial charge is 0.407 e. The molecule has 1 rings (SSSR count). The molecule has 7 nitrogen and oxygen atoms in total. The zero-order chi connectivity index (χ0) is 20.5.